The Balaban J connectivity index is 1.13. The molecular formula is C44H70FNO4S. The van der Waals surface area contributed by atoms with Crippen molar-refractivity contribution < 1.29 is 23.4 Å². The topological polar surface area (TPSA) is 89.8 Å². The fourth-order valence-electron chi connectivity index (χ4n) is 14.9. The summed E-state index contributed by atoms with van der Waals surface area (Å²) in [6.07, 6.45) is 20.2. The molecule has 10 atom stereocenters. The molecule has 6 aliphatic carbocycles. The molecule has 288 valence electrons. The van der Waals surface area contributed by atoms with Gasteiger partial charge in [-0.2, -0.15) is 10.6 Å². The zero-order valence-electron chi connectivity index (χ0n) is 32.8. The molecule has 1 saturated heterocycles. The van der Waals surface area contributed by atoms with E-state index >= 15 is 0 Å². The van der Waals surface area contributed by atoms with Crippen LogP contribution in [0.1, 0.15) is 138 Å². The van der Waals surface area contributed by atoms with Crippen molar-refractivity contribution in [3.63, 3.8) is 0 Å². The Labute approximate surface area is 310 Å². The summed E-state index contributed by atoms with van der Waals surface area (Å²) < 4.78 is 34.3. The molecule has 7 heteroatoms. The zero-order valence-corrected chi connectivity index (χ0v) is 33.6. The van der Waals surface area contributed by atoms with E-state index in [9.17, 15) is 23.4 Å². The van der Waals surface area contributed by atoms with Gasteiger partial charge in [-0.05, 0) is 178 Å². The highest BCUT2D eigenvalue weighted by Gasteiger charge is 2.70. The van der Waals surface area contributed by atoms with Gasteiger partial charge in [-0.15, -0.1) is 0 Å². The Bertz CT molecular complexity index is 1460. The molecule has 4 N–H and O–H groups in total. The largest absolute Gasteiger partial charge is 0.481 e. The van der Waals surface area contributed by atoms with Gasteiger partial charge in [-0.3, -0.25) is 13.9 Å². The first-order valence-corrected chi connectivity index (χ1v) is 22.6. The van der Waals surface area contributed by atoms with Gasteiger partial charge in [0.05, 0.1) is 5.41 Å². The van der Waals surface area contributed by atoms with Crippen molar-refractivity contribution in [3.8, 4) is 0 Å². The molecule has 0 radical (unpaired) electrons. The molecule has 5 nitrogen and oxygen atoms in total. The summed E-state index contributed by atoms with van der Waals surface area (Å²) in [6.45, 7) is 20.1. The average molecular weight is 728 g/mol. The molecule has 0 amide bonds. The van der Waals surface area contributed by atoms with E-state index in [0.29, 0.717) is 66.3 Å². The number of carboxylic acids is 1. The quantitative estimate of drug-likeness (QED) is 0.187. The molecule has 0 bridgehead atoms. The highest BCUT2D eigenvalue weighted by Crippen LogP contribution is 2.76. The number of allylic oxidation sites excluding steroid dienone is 5. The van der Waals surface area contributed by atoms with Gasteiger partial charge >= 0.3 is 5.97 Å². The second kappa shape index (κ2) is 13.0. The number of hydrogen-bond acceptors (Lipinski definition) is 4. The van der Waals surface area contributed by atoms with Gasteiger partial charge in [-0.25, -0.2) is 4.39 Å². The smallest absolute Gasteiger partial charge is 0.312 e. The van der Waals surface area contributed by atoms with Crippen molar-refractivity contribution in [2.45, 2.75) is 143 Å². The number of rotatable bonds is 8. The molecule has 1 unspecified atom stereocenters. The zero-order chi connectivity index (χ0) is 36.8. The van der Waals surface area contributed by atoms with Crippen molar-refractivity contribution in [2.75, 3.05) is 24.7 Å². The SMILES string of the molecule is C=C(C)[C@@H]1CC[C@]2(NCCC3CCS(O)(O)CC3)CC[C@]3(C)[C@H](CC[C@@H]4[C@@]5(C)CC=C(C6=CCC(CF)(C(=O)O)CC6)C(C)(C)[C@@H]5CC[C@]43C)[C@@H]12. The predicted molar refractivity (Wildman–Crippen MR) is 209 cm³/mol. The van der Waals surface area contributed by atoms with Crippen LogP contribution in [0.4, 0.5) is 4.39 Å². The van der Waals surface area contributed by atoms with Crippen molar-refractivity contribution in [3.05, 3.63) is 35.5 Å². The van der Waals surface area contributed by atoms with Crippen LogP contribution in [-0.4, -0.2) is 50.4 Å². The number of alkyl halides is 1. The molecule has 0 aromatic rings. The minimum absolute atomic E-state index is 0.00547. The van der Waals surface area contributed by atoms with Gasteiger partial charge in [-0.1, -0.05) is 58.9 Å². The normalized spacial score (nSPS) is 46.7. The van der Waals surface area contributed by atoms with Crippen molar-refractivity contribution in [1.29, 1.82) is 0 Å². The van der Waals surface area contributed by atoms with E-state index in [1.54, 1.807) is 0 Å². The molecule has 1 aliphatic heterocycles. The molecule has 0 spiro atoms. The Morgan fingerprint density at radius 2 is 1.63 bits per heavy atom. The third-order valence-corrected chi connectivity index (χ3v) is 19.8. The Morgan fingerprint density at radius 1 is 0.902 bits per heavy atom. The predicted octanol–water partition coefficient (Wildman–Crippen LogP) is 11.2. The van der Waals surface area contributed by atoms with Crippen LogP contribution in [0.15, 0.2) is 35.5 Å². The first-order chi connectivity index (χ1) is 23.9. The highest BCUT2D eigenvalue weighted by atomic mass is 32.3. The van der Waals surface area contributed by atoms with Gasteiger partial charge in [0.2, 0.25) is 0 Å². The monoisotopic (exact) mass is 728 g/mol. The molecular weight excluding hydrogens is 658 g/mol. The summed E-state index contributed by atoms with van der Waals surface area (Å²) in [5, 5.41) is 14.1. The number of nitrogens with one attached hydrogen (secondary N) is 1. The molecule has 5 fully saturated rings. The van der Waals surface area contributed by atoms with E-state index in [0.717, 1.165) is 32.2 Å². The number of aliphatic carboxylic acids is 1. The fraction of sp³-hybridized carbons (Fsp3) is 0.841. The third-order valence-electron chi connectivity index (χ3n) is 18.0. The summed E-state index contributed by atoms with van der Waals surface area (Å²) in [5.41, 5.74) is 3.77. The molecule has 1 heterocycles. The highest BCUT2D eigenvalue weighted by molar-refractivity contribution is 8.24. The first-order valence-electron chi connectivity index (χ1n) is 20.7. The average Bonchev–Trinajstić information content (AvgIpc) is 3.46. The summed E-state index contributed by atoms with van der Waals surface area (Å²) in [7, 11) is -2.33. The maximum Gasteiger partial charge on any atom is 0.312 e. The van der Waals surface area contributed by atoms with Crippen LogP contribution < -0.4 is 5.32 Å². The summed E-state index contributed by atoms with van der Waals surface area (Å²) >= 11 is 0. The van der Waals surface area contributed by atoms with Gasteiger partial charge in [0.25, 0.3) is 0 Å². The molecule has 7 aliphatic rings. The molecule has 51 heavy (non-hydrogen) atoms. The Hall–Kier alpha value is -1.15. The van der Waals surface area contributed by atoms with Crippen molar-refractivity contribution >= 4 is 16.6 Å². The van der Waals surface area contributed by atoms with E-state index in [2.05, 4.69) is 65.6 Å². The Kier molecular flexibility index (Phi) is 9.70. The minimum atomic E-state index is -2.33. The number of carboxylic acid groups (broad SMARTS) is 1. The van der Waals surface area contributed by atoms with Crippen LogP contribution in [0.5, 0.6) is 0 Å². The Morgan fingerprint density at radius 3 is 2.25 bits per heavy atom. The van der Waals surface area contributed by atoms with E-state index in [1.165, 1.54) is 68.1 Å². The van der Waals surface area contributed by atoms with Crippen LogP contribution in [-0.2, 0) is 4.79 Å². The lowest BCUT2D eigenvalue weighted by atomic mass is 9.33. The second-order valence-corrected chi connectivity index (χ2v) is 22.8. The van der Waals surface area contributed by atoms with Crippen molar-refractivity contribution in [2.24, 2.45) is 62.6 Å². The molecule has 7 rings (SSSR count). The van der Waals surface area contributed by atoms with Crippen LogP contribution >= 0.6 is 10.6 Å². The molecule has 0 aromatic carbocycles. The standard InChI is InChI=1S/C44H70FNO4S/c1-29(2)32-12-22-44(46-25-15-30-16-26-51(49,50)27-17-30)24-23-41(6)34(37(32)44)8-9-36-40(5)18-13-33(39(3,4)35(40)14-19-42(36,41)7)31-10-20-43(28-45,21-11-31)38(47)48/h10,13,30,32,34-37,46,49-50H,1,8-9,11-12,14-28H2,2-7H3,(H,47,48)/t32-,34+,35-,36+,37+,40-,41+,42+,43?,44-/m0/s1. The van der Waals surface area contributed by atoms with E-state index < -0.39 is 28.6 Å². The third kappa shape index (κ3) is 5.81. The minimum Gasteiger partial charge on any atom is -0.481 e. The van der Waals surface area contributed by atoms with Gasteiger partial charge in [0, 0.05) is 17.0 Å². The summed E-state index contributed by atoms with van der Waals surface area (Å²) in [4.78, 5) is 12.0. The lowest BCUT2D eigenvalue weighted by Crippen LogP contribution is -2.68. The van der Waals surface area contributed by atoms with Gasteiger partial charge < -0.3 is 10.4 Å². The number of halogens is 1. The number of hydrogen-bond donors (Lipinski definition) is 4. The maximum absolute atomic E-state index is 14.0. The lowest BCUT2D eigenvalue weighted by Gasteiger charge is -2.72. The van der Waals surface area contributed by atoms with Gasteiger partial charge in [0.15, 0.2) is 0 Å². The van der Waals surface area contributed by atoms with Gasteiger partial charge in [0.1, 0.15) is 6.67 Å². The first kappa shape index (κ1) is 38.1. The number of carbonyl (C=O) groups is 1. The van der Waals surface area contributed by atoms with E-state index in [4.69, 9.17) is 0 Å². The van der Waals surface area contributed by atoms with Crippen LogP contribution in [0, 0.1) is 62.6 Å². The fourth-order valence-corrected chi connectivity index (χ4v) is 16.5. The van der Waals surface area contributed by atoms with E-state index in [-0.39, 0.29) is 27.2 Å². The second-order valence-electron chi connectivity index (χ2n) is 20.4. The molecule has 0 aromatic heterocycles. The summed E-state index contributed by atoms with van der Waals surface area (Å²) in [6, 6.07) is 0. The van der Waals surface area contributed by atoms with Crippen LogP contribution in [0.2, 0.25) is 0 Å². The van der Waals surface area contributed by atoms with Crippen LogP contribution in [0.3, 0.4) is 0 Å². The number of fused-ring (bicyclic) bond motifs is 7. The maximum atomic E-state index is 14.0. The summed E-state index contributed by atoms with van der Waals surface area (Å²) in [5.74, 6) is 3.91. The molecule has 4 saturated carbocycles. The van der Waals surface area contributed by atoms with E-state index in [1.807, 2.05) is 0 Å². The van der Waals surface area contributed by atoms with Crippen LogP contribution in [0.25, 0.3) is 0 Å². The van der Waals surface area contributed by atoms with Crippen molar-refractivity contribution in [1.82, 2.24) is 5.32 Å². The lowest BCUT2D eigenvalue weighted by molar-refractivity contribution is -0.221.